The molecule has 0 fully saturated rings. The van der Waals surface area contributed by atoms with Crippen LogP contribution in [0.2, 0.25) is 0 Å². The molecule has 0 aromatic heterocycles. The van der Waals surface area contributed by atoms with Crippen molar-refractivity contribution in [2.45, 2.75) is 32.5 Å². The third-order valence-electron chi connectivity index (χ3n) is 6.45. The maximum Gasteiger partial charge on any atom is 0.300 e. The Morgan fingerprint density at radius 1 is 0.944 bits per heavy atom. The van der Waals surface area contributed by atoms with Crippen molar-refractivity contribution in [2.24, 2.45) is 10.7 Å². The molecule has 2 amide bonds. The Morgan fingerprint density at radius 3 is 2.19 bits per heavy atom. The second kappa shape index (κ2) is 9.65. The van der Waals surface area contributed by atoms with E-state index in [1.807, 2.05) is 65.6 Å². The molecule has 8 nitrogen and oxygen atoms in total. The molecule has 3 aromatic rings. The Bertz CT molecular complexity index is 1360. The molecule has 0 saturated heterocycles. The summed E-state index contributed by atoms with van der Waals surface area (Å²) < 4.78 is 0. The lowest BCUT2D eigenvalue weighted by Gasteiger charge is -2.26. The van der Waals surface area contributed by atoms with E-state index in [-0.39, 0.29) is 17.8 Å². The molecule has 184 valence electrons. The molecule has 36 heavy (non-hydrogen) atoms. The van der Waals surface area contributed by atoms with Crippen LogP contribution in [0.3, 0.4) is 0 Å². The summed E-state index contributed by atoms with van der Waals surface area (Å²) in [5.74, 6) is -0.755. The van der Waals surface area contributed by atoms with Crippen molar-refractivity contribution in [3.8, 4) is 11.1 Å². The van der Waals surface area contributed by atoms with E-state index in [9.17, 15) is 9.59 Å². The number of benzene rings is 3. The first kappa shape index (κ1) is 24.7. The number of aliphatic carboxylic acids is 1. The Labute approximate surface area is 209 Å². The van der Waals surface area contributed by atoms with E-state index in [1.165, 1.54) is 4.90 Å². The summed E-state index contributed by atoms with van der Waals surface area (Å²) in [6, 6.07) is 23.6. The van der Waals surface area contributed by atoms with Crippen LogP contribution in [0.5, 0.6) is 0 Å². The first-order chi connectivity index (χ1) is 17.1. The number of fused-ring (bicyclic) bond motifs is 1. The molecule has 2 aliphatic heterocycles. The lowest BCUT2D eigenvalue weighted by atomic mass is 9.81. The van der Waals surface area contributed by atoms with E-state index in [4.69, 9.17) is 15.6 Å². The molecule has 1 atom stereocenters. The summed E-state index contributed by atoms with van der Waals surface area (Å²) in [4.78, 5) is 42.4. The van der Waals surface area contributed by atoms with Crippen LogP contribution in [-0.2, 0) is 33.0 Å². The SMILES string of the molecule is CC(=O)N1Cc2cccc(-c3cccc(C4(c5ccccc5)N=C(N)N(C)C4=O)c3)c2C1.CC(=O)O. The number of hydrogen-bond donors (Lipinski definition) is 2. The third-order valence-corrected chi connectivity index (χ3v) is 6.45. The van der Waals surface area contributed by atoms with Crippen molar-refractivity contribution in [2.75, 3.05) is 7.05 Å². The number of aliphatic imine (C=N–C) groups is 1. The molecule has 0 bridgehead atoms. The average molecular weight is 485 g/mol. The Balaban J connectivity index is 0.000000709. The summed E-state index contributed by atoms with van der Waals surface area (Å²) >= 11 is 0. The molecule has 8 heteroatoms. The Hall–Kier alpha value is -4.46. The number of carboxylic acid groups (broad SMARTS) is 1. The highest BCUT2D eigenvalue weighted by Gasteiger charge is 2.49. The highest BCUT2D eigenvalue weighted by atomic mass is 16.4. The minimum Gasteiger partial charge on any atom is -0.481 e. The number of carboxylic acids is 1. The average Bonchev–Trinajstić information content (AvgIpc) is 3.40. The fourth-order valence-electron chi connectivity index (χ4n) is 4.69. The van der Waals surface area contributed by atoms with Gasteiger partial charge in [0.25, 0.3) is 11.9 Å². The number of rotatable bonds is 3. The molecule has 2 aliphatic rings. The van der Waals surface area contributed by atoms with Crippen LogP contribution in [0.15, 0.2) is 77.8 Å². The molecular formula is C28H28N4O4. The molecule has 0 radical (unpaired) electrons. The molecule has 3 N–H and O–H groups in total. The van der Waals surface area contributed by atoms with Crippen molar-refractivity contribution in [3.63, 3.8) is 0 Å². The van der Waals surface area contributed by atoms with E-state index in [0.29, 0.717) is 13.1 Å². The van der Waals surface area contributed by atoms with Crippen LogP contribution in [0, 0.1) is 0 Å². The van der Waals surface area contributed by atoms with E-state index in [0.717, 1.165) is 40.3 Å². The smallest absolute Gasteiger partial charge is 0.300 e. The lowest BCUT2D eigenvalue weighted by molar-refractivity contribution is -0.134. The number of amides is 2. The van der Waals surface area contributed by atoms with E-state index in [1.54, 1.807) is 14.0 Å². The van der Waals surface area contributed by atoms with Gasteiger partial charge in [0.05, 0.1) is 0 Å². The first-order valence-corrected chi connectivity index (χ1v) is 11.5. The topological polar surface area (TPSA) is 116 Å². The minimum absolute atomic E-state index is 0.0633. The third kappa shape index (κ3) is 4.33. The number of likely N-dealkylation sites (N-methyl/N-ethyl adjacent to an activating group) is 1. The Morgan fingerprint density at radius 2 is 1.58 bits per heavy atom. The van der Waals surface area contributed by atoms with Gasteiger partial charge in [-0.1, -0.05) is 66.7 Å². The van der Waals surface area contributed by atoms with Crippen LogP contribution < -0.4 is 5.73 Å². The van der Waals surface area contributed by atoms with Crippen molar-refractivity contribution in [1.82, 2.24) is 9.80 Å². The minimum atomic E-state index is -1.22. The summed E-state index contributed by atoms with van der Waals surface area (Å²) in [7, 11) is 1.65. The lowest BCUT2D eigenvalue weighted by Crippen LogP contribution is -2.41. The van der Waals surface area contributed by atoms with Gasteiger partial charge in [-0.05, 0) is 39.4 Å². The van der Waals surface area contributed by atoms with Crippen LogP contribution in [-0.4, -0.2) is 45.7 Å². The monoisotopic (exact) mass is 484 g/mol. The van der Waals surface area contributed by atoms with Gasteiger partial charge in [0.15, 0.2) is 11.5 Å². The largest absolute Gasteiger partial charge is 0.481 e. The fraction of sp³-hybridized carbons (Fsp3) is 0.214. The molecule has 0 spiro atoms. The van der Waals surface area contributed by atoms with Gasteiger partial charge in [-0.3, -0.25) is 19.3 Å². The van der Waals surface area contributed by atoms with Crippen molar-refractivity contribution >= 4 is 23.7 Å². The molecular weight excluding hydrogens is 456 g/mol. The standard InChI is InChI=1S/C26H24N4O2.C2H4O2/c1-17(31)30-15-19-9-7-13-22(23(19)16-30)18-8-6-12-21(14-18)26(20-10-4-3-5-11-20)24(32)29(2)25(27)28-26;1-2(3)4/h3-14H,15-16H2,1-2H3,(H2,27,28);1H3,(H,3,4). The van der Waals surface area contributed by atoms with Gasteiger partial charge in [0, 0.05) is 34.0 Å². The van der Waals surface area contributed by atoms with Gasteiger partial charge in [-0.15, -0.1) is 0 Å². The van der Waals surface area contributed by atoms with Crippen molar-refractivity contribution in [1.29, 1.82) is 0 Å². The summed E-state index contributed by atoms with van der Waals surface area (Å²) in [5.41, 5.74) is 10.8. The van der Waals surface area contributed by atoms with Crippen LogP contribution >= 0.6 is 0 Å². The second-order valence-electron chi connectivity index (χ2n) is 8.83. The predicted molar refractivity (Wildman–Crippen MR) is 137 cm³/mol. The fourth-order valence-corrected chi connectivity index (χ4v) is 4.69. The predicted octanol–water partition coefficient (Wildman–Crippen LogP) is 3.34. The van der Waals surface area contributed by atoms with Gasteiger partial charge in [-0.25, -0.2) is 4.99 Å². The zero-order valence-electron chi connectivity index (χ0n) is 20.4. The summed E-state index contributed by atoms with van der Waals surface area (Å²) in [6.07, 6.45) is 0. The molecule has 5 rings (SSSR count). The number of carbonyl (C=O) groups excluding carboxylic acids is 2. The molecule has 0 aliphatic carbocycles. The van der Waals surface area contributed by atoms with Crippen LogP contribution in [0.1, 0.15) is 36.1 Å². The van der Waals surface area contributed by atoms with Gasteiger partial charge >= 0.3 is 0 Å². The second-order valence-corrected chi connectivity index (χ2v) is 8.83. The highest BCUT2D eigenvalue weighted by molar-refractivity contribution is 6.09. The molecule has 2 heterocycles. The van der Waals surface area contributed by atoms with E-state index in [2.05, 4.69) is 17.1 Å². The Kier molecular flexibility index (Phi) is 6.61. The quantitative estimate of drug-likeness (QED) is 0.592. The summed E-state index contributed by atoms with van der Waals surface area (Å²) in [5, 5.41) is 7.42. The van der Waals surface area contributed by atoms with Gasteiger partial charge in [-0.2, -0.15) is 0 Å². The molecule has 1 unspecified atom stereocenters. The highest BCUT2D eigenvalue weighted by Crippen LogP contribution is 2.41. The number of hydrogen-bond acceptors (Lipinski definition) is 5. The maximum atomic E-state index is 13.5. The molecule has 0 saturated carbocycles. The maximum absolute atomic E-state index is 13.5. The summed E-state index contributed by atoms with van der Waals surface area (Å²) in [6.45, 7) is 3.89. The van der Waals surface area contributed by atoms with E-state index >= 15 is 0 Å². The zero-order valence-corrected chi connectivity index (χ0v) is 20.4. The normalized spacial score (nSPS) is 18.3. The first-order valence-electron chi connectivity index (χ1n) is 11.5. The van der Waals surface area contributed by atoms with Gasteiger partial charge in [0.2, 0.25) is 5.91 Å². The van der Waals surface area contributed by atoms with Crippen molar-refractivity contribution < 1.29 is 19.5 Å². The molecule has 3 aromatic carbocycles. The number of nitrogens with zero attached hydrogens (tertiary/aromatic N) is 3. The number of carbonyl (C=O) groups is 3. The van der Waals surface area contributed by atoms with E-state index < -0.39 is 11.5 Å². The van der Waals surface area contributed by atoms with Gasteiger partial charge < -0.3 is 15.7 Å². The van der Waals surface area contributed by atoms with Gasteiger partial charge in [0.1, 0.15) is 0 Å². The number of guanidine groups is 1. The number of nitrogens with two attached hydrogens (primary N) is 1. The van der Waals surface area contributed by atoms with Crippen LogP contribution in [0.25, 0.3) is 11.1 Å². The van der Waals surface area contributed by atoms with Crippen LogP contribution in [0.4, 0.5) is 0 Å². The zero-order chi connectivity index (χ0) is 26.0. The van der Waals surface area contributed by atoms with Crippen molar-refractivity contribution in [3.05, 3.63) is 95.1 Å².